The quantitative estimate of drug-likeness (QED) is 0.209. The van der Waals surface area contributed by atoms with Gasteiger partial charge in [0.2, 0.25) is 0 Å². The Morgan fingerprint density at radius 2 is 1.20 bits per heavy atom. The van der Waals surface area contributed by atoms with Crippen molar-refractivity contribution in [3.8, 4) is 23.5 Å². The number of hydrogen-bond donors (Lipinski definition) is 2. The maximum absolute atomic E-state index is 12.4. The predicted octanol–water partition coefficient (Wildman–Crippen LogP) is 6.67. The molecule has 232 valence electrons. The summed E-state index contributed by atoms with van der Waals surface area (Å²) < 4.78 is 15.7. The Bertz CT molecular complexity index is 1900. The third-order valence-electron chi connectivity index (χ3n) is 5.85. The molecule has 0 aliphatic rings. The van der Waals surface area contributed by atoms with Gasteiger partial charge in [-0.1, -0.05) is 65.1 Å². The lowest BCUT2D eigenvalue weighted by Gasteiger charge is -2.06. The highest BCUT2D eigenvalue weighted by atomic mass is 35.5. The summed E-state index contributed by atoms with van der Waals surface area (Å²) in [5, 5.41) is 26.4. The highest BCUT2D eigenvalue weighted by Gasteiger charge is 2.04. The SMILES string of the molecule is N#Cc1cc(Cl)ccc1Cl.N#Cc1ccccc1F.NCc1cc(Cl)ccc1-n1cncn1.NCc1ccccc1-n1cncn1. The normalized spacial score (nSPS) is 9.65. The molecule has 4 aromatic carbocycles. The van der Waals surface area contributed by atoms with Crippen molar-refractivity contribution < 1.29 is 4.39 Å². The second-order valence-corrected chi connectivity index (χ2v) is 10.1. The molecule has 6 rings (SSSR count). The van der Waals surface area contributed by atoms with Crippen LogP contribution in [0.5, 0.6) is 0 Å². The van der Waals surface area contributed by atoms with Crippen LogP contribution in [0.1, 0.15) is 22.3 Å². The van der Waals surface area contributed by atoms with Gasteiger partial charge in [0.15, 0.2) is 0 Å². The number of hydrogen-bond acceptors (Lipinski definition) is 8. The van der Waals surface area contributed by atoms with Gasteiger partial charge >= 0.3 is 0 Å². The Morgan fingerprint density at radius 3 is 1.72 bits per heavy atom. The maximum atomic E-state index is 12.4. The highest BCUT2D eigenvalue weighted by Crippen LogP contribution is 2.19. The average Bonchev–Trinajstić information content (AvgIpc) is 3.83. The average molecular weight is 676 g/mol. The Hall–Kier alpha value is -5.14. The van der Waals surface area contributed by atoms with Gasteiger partial charge in [-0.05, 0) is 65.7 Å². The number of nitrogens with zero attached hydrogens (tertiary/aromatic N) is 8. The molecule has 2 heterocycles. The van der Waals surface area contributed by atoms with E-state index in [1.807, 2.05) is 42.5 Å². The van der Waals surface area contributed by atoms with Gasteiger partial charge in [-0.2, -0.15) is 20.7 Å². The second-order valence-electron chi connectivity index (χ2n) is 8.82. The minimum atomic E-state index is -0.458. The van der Waals surface area contributed by atoms with Gasteiger partial charge in [0.05, 0.1) is 27.5 Å². The van der Waals surface area contributed by atoms with Crippen LogP contribution in [-0.2, 0) is 13.1 Å². The molecule has 0 aliphatic heterocycles. The number of halogens is 4. The van der Waals surface area contributed by atoms with E-state index in [9.17, 15) is 4.39 Å². The molecule has 10 nitrogen and oxygen atoms in total. The van der Waals surface area contributed by atoms with Gasteiger partial charge in [0, 0.05) is 23.1 Å². The molecule has 6 aromatic rings. The van der Waals surface area contributed by atoms with E-state index in [0.29, 0.717) is 33.7 Å². The number of para-hydroxylation sites is 1. The summed E-state index contributed by atoms with van der Waals surface area (Å²) >= 11 is 17.1. The van der Waals surface area contributed by atoms with Crippen LogP contribution in [0.25, 0.3) is 11.4 Å². The van der Waals surface area contributed by atoms with Crippen LogP contribution >= 0.6 is 34.8 Å². The first-order valence-electron chi connectivity index (χ1n) is 13.3. The lowest BCUT2D eigenvalue weighted by Crippen LogP contribution is -2.04. The Balaban J connectivity index is 0.000000170. The molecule has 2 aromatic heterocycles. The van der Waals surface area contributed by atoms with E-state index in [2.05, 4.69) is 20.2 Å². The van der Waals surface area contributed by atoms with E-state index in [1.54, 1.807) is 58.4 Å². The Labute approximate surface area is 279 Å². The zero-order valence-corrected chi connectivity index (χ0v) is 26.3. The van der Waals surface area contributed by atoms with Crippen molar-refractivity contribution in [1.29, 1.82) is 10.5 Å². The topological polar surface area (TPSA) is 161 Å². The fourth-order valence-electron chi connectivity index (χ4n) is 3.65. The van der Waals surface area contributed by atoms with E-state index in [0.717, 1.165) is 22.5 Å². The van der Waals surface area contributed by atoms with Crippen LogP contribution in [0.15, 0.2) is 110 Å². The summed E-state index contributed by atoms with van der Waals surface area (Å²) in [7, 11) is 0. The fourth-order valence-corrected chi connectivity index (χ4v) is 4.17. The molecule has 14 heteroatoms. The van der Waals surface area contributed by atoms with Crippen LogP contribution in [0.4, 0.5) is 4.39 Å². The first kappa shape index (κ1) is 35.3. The second kappa shape index (κ2) is 18.6. The largest absolute Gasteiger partial charge is 0.326 e. The van der Waals surface area contributed by atoms with Gasteiger partial charge in [-0.15, -0.1) is 0 Å². The lowest BCUT2D eigenvalue weighted by molar-refractivity contribution is 0.624. The standard InChI is InChI=1S/C9H9ClN4.C9H10N4.C7H3Cl2N.C7H4FN/c10-8-1-2-9(7(3-8)4-11)14-6-12-5-13-14;10-5-8-3-1-2-4-9(8)13-7-11-6-12-13;8-6-1-2-7(9)5(3-6)4-10;8-7-4-2-1-3-6(7)5-9/h1-3,5-6H,4,11H2;1-4,6-7H,5,10H2;1-3H;1-4H. The third kappa shape index (κ3) is 10.5. The van der Waals surface area contributed by atoms with Crippen molar-refractivity contribution in [3.63, 3.8) is 0 Å². The lowest BCUT2D eigenvalue weighted by atomic mass is 10.2. The molecule has 0 aliphatic carbocycles. The molecule has 0 saturated heterocycles. The zero-order valence-electron chi connectivity index (χ0n) is 24.1. The molecular formula is C32H26Cl3FN10. The molecule has 0 saturated carbocycles. The Kier molecular flexibility index (Phi) is 14.3. The van der Waals surface area contributed by atoms with Gasteiger partial charge in [-0.3, -0.25) is 0 Å². The Morgan fingerprint density at radius 1 is 0.652 bits per heavy atom. The summed E-state index contributed by atoms with van der Waals surface area (Å²) in [6.45, 7) is 0.936. The van der Waals surface area contributed by atoms with Crippen molar-refractivity contribution >= 4 is 34.8 Å². The minimum absolute atomic E-state index is 0.0949. The van der Waals surface area contributed by atoms with Crippen LogP contribution < -0.4 is 11.5 Å². The van der Waals surface area contributed by atoms with E-state index in [4.69, 9.17) is 56.8 Å². The minimum Gasteiger partial charge on any atom is -0.326 e. The monoisotopic (exact) mass is 674 g/mol. The van der Waals surface area contributed by atoms with Gasteiger partial charge in [-0.25, -0.2) is 23.7 Å². The molecule has 0 atom stereocenters. The summed E-state index contributed by atoms with van der Waals surface area (Å²) in [4.78, 5) is 7.76. The first-order valence-corrected chi connectivity index (χ1v) is 14.4. The zero-order chi connectivity index (χ0) is 33.3. The van der Waals surface area contributed by atoms with Crippen LogP contribution in [-0.4, -0.2) is 29.5 Å². The molecular weight excluding hydrogens is 650 g/mol. The summed E-state index contributed by atoms with van der Waals surface area (Å²) in [6.07, 6.45) is 6.28. The number of benzene rings is 4. The van der Waals surface area contributed by atoms with Crippen LogP contribution in [0.2, 0.25) is 15.1 Å². The molecule has 0 radical (unpaired) electrons. The fraction of sp³-hybridized carbons (Fsp3) is 0.0625. The molecule has 4 N–H and O–H groups in total. The third-order valence-corrected chi connectivity index (χ3v) is 6.65. The highest BCUT2D eigenvalue weighted by molar-refractivity contribution is 6.33. The van der Waals surface area contributed by atoms with Crippen molar-refractivity contribution in [1.82, 2.24) is 29.5 Å². The van der Waals surface area contributed by atoms with Gasteiger partial charge < -0.3 is 11.5 Å². The maximum Gasteiger partial charge on any atom is 0.140 e. The predicted molar refractivity (Wildman–Crippen MR) is 176 cm³/mol. The summed E-state index contributed by atoms with van der Waals surface area (Å²) in [5.74, 6) is -0.458. The summed E-state index contributed by atoms with van der Waals surface area (Å²) in [5.41, 5.74) is 15.6. The molecule has 0 unspecified atom stereocenters. The van der Waals surface area contributed by atoms with Crippen molar-refractivity contribution in [2.45, 2.75) is 13.1 Å². The molecule has 0 bridgehead atoms. The number of nitrogens with two attached hydrogens (primary N) is 2. The van der Waals surface area contributed by atoms with Gasteiger partial charge in [0.1, 0.15) is 43.3 Å². The van der Waals surface area contributed by atoms with Gasteiger partial charge in [0.25, 0.3) is 0 Å². The van der Waals surface area contributed by atoms with Crippen LogP contribution in [0, 0.1) is 28.5 Å². The van der Waals surface area contributed by atoms with E-state index in [1.165, 1.54) is 30.9 Å². The van der Waals surface area contributed by atoms with Crippen molar-refractivity contribution in [2.75, 3.05) is 0 Å². The number of aromatic nitrogens is 6. The number of rotatable bonds is 4. The van der Waals surface area contributed by atoms with Crippen LogP contribution in [0.3, 0.4) is 0 Å². The summed E-state index contributed by atoms with van der Waals surface area (Å²) in [6, 6.07) is 27.7. The van der Waals surface area contributed by atoms with Crippen molar-refractivity contribution in [2.24, 2.45) is 11.5 Å². The smallest absolute Gasteiger partial charge is 0.140 e. The van der Waals surface area contributed by atoms with E-state index < -0.39 is 5.82 Å². The first-order chi connectivity index (χ1) is 22.3. The molecule has 0 fully saturated rings. The van der Waals surface area contributed by atoms with E-state index in [-0.39, 0.29) is 5.56 Å². The molecule has 0 amide bonds. The number of nitriles is 2. The molecule has 46 heavy (non-hydrogen) atoms. The van der Waals surface area contributed by atoms with Crippen molar-refractivity contribution in [3.05, 3.63) is 153 Å². The van der Waals surface area contributed by atoms with E-state index >= 15 is 0 Å². The molecule has 0 spiro atoms.